The average Bonchev–Trinajstić information content (AvgIpc) is 2.82. The highest BCUT2D eigenvalue weighted by atomic mass is 35.5. The van der Waals surface area contributed by atoms with Gasteiger partial charge in [0, 0.05) is 31.1 Å². The number of halogens is 3. The van der Waals surface area contributed by atoms with Crippen molar-refractivity contribution in [3.63, 3.8) is 0 Å². The van der Waals surface area contributed by atoms with Crippen LogP contribution in [0.5, 0.6) is 0 Å². The molecule has 0 radical (unpaired) electrons. The molecule has 0 heterocycles. The quantitative estimate of drug-likeness (QED) is 0.318. The fourth-order valence-corrected chi connectivity index (χ4v) is 4.98. The molecule has 7 nitrogen and oxygen atoms in total. The van der Waals surface area contributed by atoms with Crippen molar-refractivity contribution in [3.05, 3.63) is 63.1 Å². The Morgan fingerprint density at radius 1 is 1.00 bits per heavy atom. The number of anilines is 1. The van der Waals surface area contributed by atoms with Gasteiger partial charge in [-0.1, -0.05) is 54.2 Å². The number of hydrogen-bond acceptors (Lipinski definition) is 4. The maximum atomic E-state index is 13.3. The molecule has 1 N–H and O–H groups in total. The second-order valence-electron chi connectivity index (χ2n) is 8.51. The first-order valence-electron chi connectivity index (χ1n) is 11.7. The summed E-state index contributed by atoms with van der Waals surface area (Å²) in [5.74, 6) is -0.528. The van der Waals surface area contributed by atoms with Crippen LogP contribution in [-0.2, 0) is 26.2 Å². The monoisotopic (exact) mass is 575 g/mol. The highest BCUT2D eigenvalue weighted by molar-refractivity contribution is 7.92. The lowest BCUT2D eigenvalue weighted by Crippen LogP contribution is -2.48. The molecule has 0 spiro atoms. The highest BCUT2D eigenvalue weighted by Crippen LogP contribution is 2.25. The van der Waals surface area contributed by atoms with E-state index >= 15 is 0 Å². The molecule has 2 aromatic carbocycles. The molecular formula is C25H32Cl3N3O4S. The molecule has 0 saturated carbocycles. The Labute approximate surface area is 228 Å². The number of nitrogens with zero attached hydrogens (tertiary/aromatic N) is 2. The fourth-order valence-electron chi connectivity index (χ4n) is 3.56. The van der Waals surface area contributed by atoms with Crippen LogP contribution in [0.3, 0.4) is 0 Å². The molecule has 2 amide bonds. The van der Waals surface area contributed by atoms with Crippen molar-refractivity contribution < 1.29 is 18.0 Å². The minimum Gasteiger partial charge on any atom is -0.354 e. The van der Waals surface area contributed by atoms with E-state index in [4.69, 9.17) is 34.8 Å². The lowest BCUT2D eigenvalue weighted by Gasteiger charge is -2.29. The smallest absolute Gasteiger partial charge is 0.242 e. The molecule has 0 aliphatic rings. The lowest BCUT2D eigenvalue weighted by atomic mass is 10.1. The molecule has 1 atom stereocenters. The molecule has 0 unspecified atom stereocenters. The Hall–Kier alpha value is -2.00. The Kier molecular flexibility index (Phi) is 11.8. The molecule has 11 heteroatoms. The van der Waals surface area contributed by atoms with Gasteiger partial charge < -0.3 is 10.2 Å². The van der Waals surface area contributed by atoms with E-state index in [-0.39, 0.29) is 37.7 Å². The number of unbranched alkanes of at least 4 members (excludes halogenated alkanes) is 1. The first kappa shape index (κ1) is 30.2. The third kappa shape index (κ3) is 9.14. The van der Waals surface area contributed by atoms with E-state index in [1.807, 2.05) is 6.92 Å². The summed E-state index contributed by atoms with van der Waals surface area (Å²) in [6.45, 7) is 4.49. The van der Waals surface area contributed by atoms with Crippen LogP contribution in [0.1, 0.15) is 45.1 Å². The van der Waals surface area contributed by atoms with Gasteiger partial charge in [0.1, 0.15) is 6.04 Å². The minimum atomic E-state index is -3.57. The van der Waals surface area contributed by atoms with Crippen molar-refractivity contribution >= 4 is 62.3 Å². The van der Waals surface area contributed by atoms with Gasteiger partial charge in [-0.05, 0) is 61.7 Å². The fraction of sp³-hybridized carbons (Fsp3) is 0.440. The van der Waals surface area contributed by atoms with E-state index in [1.54, 1.807) is 49.4 Å². The van der Waals surface area contributed by atoms with Crippen LogP contribution in [-0.4, -0.2) is 50.5 Å². The third-order valence-corrected chi connectivity index (χ3v) is 7.79. The van der Waals surface area contributed by atoms with Crippen molar-refractivity contribution in [2.24, 2.45) is 0 Å². The van der Waals surface area contributed by atoms with Gasteiger partial charge in [0.2, 0.25) is 21.8 Å². The minimum absolute atomic E-state index is 0.0491. The third-order valence-electron chi connectivity index (χ3n) is 5.60. The predicted molar refractivity (Wildman–Crippen MR) is 147 cm³/mol. The van der Waals surface area contributed by atoms with Crippen LogP contribution in [0.25, 0.3) is 0 Å². The molecule has 36 heavy (non-hydrogen) atoms. The molecule has 2 aromatic rings. The van der Waals surface area contributed by atoms with Crippen molar-refractivity contribution in [1.29, 1.82) is 0 Å². The van der Waals surface area contributed by atoms with Crippen molar-refractivity contribution in [2.75, 3.05) is 23.7 Å². The van der Waals surface area contributed by atoms with Gasteiger partial charge in [-0.25, -0.2) is 8.42 Å². The number of hydrogen-bond donors (Lipinski definition) is 1. The molecule has 198 valence electrons. The van der Waals surface area contributed by atoms with Crippen molar-refractivity contribution in [1.82, 2.24) is 10.2 Å². The van der Waals surface area contributed by atoms with E-state index in [0.29, 0.717) is 27.3 Å². The predicted octanol–water partition coefficient (Wildman–Crippen LogP) is 5.53. The molecule has 0 fully saturated rings. The summed E-state index contributed by atoms with van der Waals surface area (Å²) in [6.07, 6.45) is 3.20. The maximum Gasteiger partial charge on any atom is 0.242 e. The SMILES string of the molecule is CCCCNC(=O)[C@H](C)N(Cc1ccc(Cl)c(Cl)c1)C(=O)CCCN(c1ccc(Cl)cc1)S(C)(=O)=O. The highest BCUT2D eigenvalue weighted by Gasteiger charge is 2.26. The van der Waals surface area contributed by atoms with Crippen LogP contribution in [0.4, 0.5) is 5.69 Å². The first-order chi connectivity index (χ1) is 16.9. The number of sulfonamides is 1. The summed E-state index contributed by atoms with van der Waals surface area (Å²) in [7, 11) is -3.57. The van der Waals surface area contributed by atoms with Gasteiger partial charge in [0.05, 0.1) is 22.0 Å². The summed E-state index contributed by atoms with van der Waals surface area (Å²) in [6, 6.07) is 10.8. The molecule has 0 aliphatic heterocycles. The second-order valence-corrected chi connectivity index (χ2v) is 11.7. The van der Waals surface area contributed by atoms with E-state index in [1.165, 1.54) is 9.21 Å². The van der Waals surface area contributed by atoms with Crippen LogP contribution >= 0.6 is 34.8 Å². The standard InChI is InChI=1S/C25H32Cl3N3O4S/c1-4-5-14-29-25(33)18(2)30(17-19-8-13-22(27)23(28)16-19)24(32)7-6-15-31(36(3,34)35)21-11-9-20(26)10-12-21/h8-13,16,18H,4-7,14-15,17H2,1-3H3,(H,29,33)/t18-/m0/s1. The molecule has 0 bridgehead atoms. The summed E-state index contributed by atoms with van der Waals surface area (Å²) < 4.78 is 26.0. The Morgan fingerprint density at radius 2 is 1.67 bits per heavy atom. The van der Waals surface area contributed by atoms with Crippen LogP contribution in [0.2, 0.25) is 15.1 Å². The van der Waals surface area contributed by atoms with E-state index in [9.17, 15) is 18.0 Å². The van der Waals surface area contributed by atoms with Crippen LogP contribution in [0.15, 0.2) is 42.5 Å². The van der Waals surface area contributed by atoms with Gasteiger partial charge in [-0.2, -0.15) is 0 Å². The molecule has 0 aromatic heterocycles. The number of benzene rings is 2. The summed E-state index contributed by atoms with van der Waals surface area (Å²) >= 11 is 18.1. The number of nitrogens with one attached hydrogen (secondary N) is 1. The van der Waals surface area contributed by atoms with Crippen molar-refractivity contribution in [3.8, 4) is 0 Å². The zero-order valence-corrected chi connectivity index (χ0v) is 23.7. The zero-order valence-electron chi connectivity index (χ0n) is 20.6. The summed E-state index contributed by atoms with van der Waals surface area (Å²) in [5.41, 5.74) is 1.19. The van der Waals surface area contributed by atoms with Gasteiger partial charge in [-0.15, -0.1) is 0 Å². The summed E-state index contributed by atoms with van der Waals surface area (Å²) in [5, 5.41) is 4.11. The average molecular weight is 577 g/mol. The molecule has 0 aliphatic carbocycles. The largest absolute Gasteiger partial charge is 0.354 e. The maximum absolute atomic E-state index is 13.3. The van der Waals surface area contributed by atoms with Crippen LogP contribution < -0.4 is 9.62 Å². The molecular weight excluding hydrogens is 545 g/mol. The van der Waals surface area contributed by atoms with E-state index < -0.39 is 16.1 Å². The number of carbonyl (C=O) groups is 2. The lowest BCUT2D eigenvalue weighted by molar-refractivity contribution is -0.140. The summed E-state index contributed by atoms with van der Waals surface area (Å²) in [4.78, 5) is 27.5. The van der Waals surface area contributed by atoms with Gasteiger partial charge in [0.15, 0.2) is 0 Å². The molecule has 2 rings (SSSR count). The van der Waals surface area contributed by atoms with Crippen LogP contribution in [0, 0.1) is 0 Å². The van der Waals surface area contributed by atoms with E-state index in [2.05, 4.69) is 5.32 Å². The zero-order chi connectivity index (χ0) is 26.9. The topological polar surface area (TPSA) is 86.8 Å². The number of carbonyl (C=O) groups excluding carboxylic acids is 2. The van der Waals surface area contributed by atoms with Gasteiger partial charge in [-0.3, -0.25) is 13.9 Å². The number of amides is 2. The Morgan fingerprint density at radius 3 is 2.25 bits per heavy atom. The number of rotatable bonds is 13. The van der Waals surface area contributed by atoms with Crippen molar-refractivity contribution in [2.45, 2.75) is 52.1 Å². The first-order valence-corrected chi connectivity index (χ1v) is 14.7. The van der Waals surface area contributed by atoms with Gasteiger partial charge in [0.25, 0.3) is 0 Å². The van der Waals surface area contributed by atoms with Gasteiger partial charge >= 0.3 is 0 Å². The second kappa shape index (κ2) is 14.1. The Balaban J connectivity index is 2.16. The normalized spacial score (nSPS) is 12.2. The molecule has 0 saturated heterocycles. The Bertz CT molecular complexity index is 1140. The van der Waals surface area contributed by atoms with E-state index in [0.717, 1.165) is 24.7 Å².